The Hall–Kier alpha value is -5.05. The summed E-state index contributed by atoms with van der Waals surface area (Å²) in [6, 6.07) is 24.6. The third-order valence-electron chi connectivity index (χ3n) is 11.2. The number of nitrogens with zero attached hydrogens (tertiary/aromatic N) is 3. The average Bonchev–Trinajstić information content (AvgIpc) is 3.86. The van der Waals surface area contributed by atoms with Crippen LogP contribution in [0, 0.1) is 0 Å². The van der Waals surface area contributed by atoms with Gasteiger partial charge in [0.15, 0.2) is 0 Å². The number of phenols is 1. The summed E-state index contributed by atoms with van der Waals surface area (Å²) in [7, 11) is 0. The molecule has 2 heterocycles. The van der Waals surface area contributed by atoms with E-state index >= 15 is 0 Å². The first-order chi connectivity index (χ1) is 29.8. The van der Waals surface area contributed by atoms with Gasteiger partial charge in [-0.15, -0.1) is 11.3 Å². The predicted molar refractivity (Wildman–Crippen MR) is 248 cm³/mol. The highest BCUT2D eigenvalue weighted by Gasteiger charge is 2.21. The van der Waals surface area contributed by atoms with Gasteiger partial charge in [0.1, 0.15) is 11.5 Å². The maximum atomic E-state index is 14.0. The van der Waals surface area contributed by atoms with Gasteiger partial charge in [-0.25, -0.2) is 5.48 Å². The van der Waals surface area contributed by atoms with Crippen molar-refractivity contribution in [2.75, 3.05) is 32.7 Å². The van der Waals surface area contributed by atoms with Crippen LogP contribution in [0.5, 0.6) is 5.75 Å². The topological polar surface area (TPSA) is 205 Å². The average molecular weight is 852 g/mol. The van der Waals surface area contributed by atoms with E-state index in [0.29, 0.717) is 50.8 Å². The number of nitrogens with two attached hydrogens (primary N) is 3. The molecule has 0 spiro atoms. The molecule has 0 aliphatic carbocycles. The van der Waals surface area contributed by atoms with Gasteiger partial charge in [0.25, 0.3) is 5.91 Å². The summed E-state index contributed by atoms with van der Waals surface area (Å²) in [6.07, 6.45) is 14.9. The fraction of sp³-hybridized carbons (Fsp3) is 0.438. The van der Waals surface area contributed by atoms with Crippen LogP contribution in [-0.2, 0) is 17.8 Å². The zero-order valence-electron chi connectivity index (χ0n) is 35.5. The molecule has 5 aromatic rings. The fourth-order valence-electron chi connectivity index (χ4n) is 7.92. The number of rotatable bonds is 27. The lowest BCUT2D eigenvalue weighted by atomic mass is 10.0. The molecule has 2 aromatic heterocycles. The Morgan fingerprint density at radius 1 is 0.689 bits per heavy atom. The summed E-state index contributed by atoms with van der Waals surface area (Å²) < 4.78 is 2.26. The van der Waals surface area contributed by atoms with Gasteiger partial charge < -0.3 is 37.0 Å². The molecule has 0 aliphatic heterocycles. The maximum absolute atomic E-state index is 14.0. The van der Waals surface area contributed by atoms with Gasteiger partial charge in [0, 0.05) is 52.2 Å². The van der Waals surface area contributed by atoms with Crippen LogP contribution in [0.1, 0.15) is 116 Å². The molecule has 0 saturated heterocycles. The van der Waals surface area contributed by atoms with E-state index in [1.807, 2.05) is 53.4 Å². The summed E-state index contributed by atoms with van der Waals surface area (Å²) in [5.74, 6) is -0.442. The lowest BCUT2D eigenvalue weighted by Crippen LogP contribution is -2.33. The Bertz CT molecular complexity index is 2150. The van der Waals surface area contributed by atoms with Crippen molar-refractivity contribution in [3.05, 3.63) is 100 Å². The number of hydrogen-bond donors (Lipinski definition) is 7. The number of hydrogen-bond acceptors (Lipinski definition) is 10. The second-order valence-corrected chi connectivity index (χ2v) is 16.9. The van der Waals surface area contributed by atoms with Crippen molar-refractivity contribution >= 4 is 39.8 Å². The van der Waals surface area contributed by atoms with E-state index in [1.165, 1.54) is 24.2 Å². The Morgan fingerprint density at radius 3 is 1.90 bits per heavy atom. The number of thiophene rings is 1. The number of aryl methyl sites for hydroxylation is 1. The molecule has 2 amide bonds. The molecule has 13 heteroatoms. The molecular formula is C48H65N7O5S. The van der Waals surface area contributed by atoms with Crippen LogP contribution >= 0.6 is 11.3 Å². The molecule has 0 unspecified atom stereocenters. The number of hydroxylamine groups is 1. The highest BCUT2D eigenvalue weighted by molar-refractivity contribution is 7.17. The van der Waals surface area contributed by atoms with Gasteiger partial charge in [-0.3, -0.25) is 14.8 Å². The Kier molecular flexibility index (Phi) is 19.3. The molecule has 0 bridgehead atoms. The van der Waals surface area contributed by atoms with E-state index in [0.717, 1.165) is 125 Å². The van der Waals surface area contributed by atoms with Crippen molar-refractivity contribution in [1.29, 1.82) is 0 Å². The second-order valence-electron chi connectivity index (χ2n) is 15.8. The quantitative estimate of drug-likeness (QED) is 0.00892. The van der Waals surface area contributed by atoms with Crippen molar-refractivity contribution in [2.24, 2.45) is 22.4 Å². The highest BCUT2D eigenvalue weighted by Crippen LogP contribution is 2.37. The molecule has 0 fully saturated rings. The minimum absolute atomic E-state index is 0.0720. The summed E-state index contributed by atoms with van der Waals surface area (Å²) >= 11 is 1.33. The minimum atomic E-state index is -0.590. The number of nitrogens with one attached hydrogen (secondary N) is 1. The van der Waals surface area contributed by atoms with Crippen LogP contribution in [-0.4, -0.2) is 75.2 Å². The zero-order valence-corrected chi connectivity index (χ0v) is 36.3. The molecule has 5 rings (SSSR count). The molecule has 0 aliphatic rings. The van der Waals surface area contributed by atoms with Crippen molar-refractivity contribution in [2.45, 2.75) is 103 Å². The van der Waals surface area contributed by atoms with Crippen LogP contribution in [0.4, 0.5) is 0 Å². The number of carbonyl (C=O) groups excluding carboxylic acids is 2. The summed E-state index contributed by atoms with van der Waals surface area (Å²) in [6.45, 7) is 4.27. The van der Waals surface area contributed by atoms with Crippen LogP contribution in [0.3, 0.4) is 0 Å². The SMILES string of the molecule is NCCCCCCCCN(CCCCCCCCN)C(=O)c1ccc(-c2cc3ccc(/C(=N\O)c4cc(CC(=O)NO)c(-c5cccc(O)c5)s4)cc3n2CCCCN)cc1. The first kappa shape index (κ1) is 47.0. The molecule has 3 aromatic carbocycles. The number of aromatic hydroxyl groups is 1. The second kappa shape index (κ2) is 25.0. The monoisotopic (exact) mass is 851 g/mol. The van der Waals surface area contributed by atoms with E-state index in [4.69, 9.17) is 17.2 Å². The highest BCUT2D eigenvalue weighted by atomic mass is 32.1. The molecular weight excluding hydrogens is 787 g/mol. The van der Waals surface area contributed by atoms with Crippen LogP contribution in [0.2, 0.25) is 0 Å². The summed E-state index contributed by atoms with van der Waals surface area (Å²) in [4.78, 5) is 29.7. The van der Waals surface area contributed by atoms with Crippen molar-refractivity contribution in [1.82, 2.24) is 14.9 Å². The zero-order chi connectivity index (χ0) is 43.4. The first-order valence-electron chi connectivity index (χ1n) is 22.0. The molecule has 328 valence electrons. The van der Waals surface area contributed by atoms with Crippen molar-refractivity contribution in [3.63, 3.8) is 0 Å². The van der Waals surface area contributed by atoms with Crippen LogP contribution < -0.4 is 22.7 Å². The van der Waals surface area contributed by atoms with Gasteiger partial charge >= 0.3 is 0 Å². The normalized spacial score (nSPS) is 11.7. The third kappa shape index (κ3) is 13.5. The lowest BCUT2D eigenvalue weighted by Gasteiger charge is -2.23. The third-order valence-corrected chi connectivity index (χ3v) is 12.5. The number of oxime groups is 1. The van der Waals surface area contributed by atoms with E-state index in [1.54, 1.807) is 29.7 Å². The Balaban J connectivity index is 1.40. The minimum Gasteiger partial charge on any atom is -0.508 e. The van der Waals surface area contributed by atoms with Gasteiger partial charge in [-0.05, 0) is 117 Å². The fourth-order valence-corrected chi connectivity index (χ4v) is 9.10. The number of fused-ring (bicyclic) bond motifs is 1. The van der Waals surface area contributed by atoms with E-state index in [2.05, 4.69) is 15.8 Å². The van der Waals surface area contributed by atoms with Crippen LogP contribution in [0.15, 0.2) is 84.0 Å². The molecule has 0 atom stereocenters. The van der Waals surface area contributed by atoms with Crippen LogP contribution in [0.25, 0.3) is 32.6 Å². The molecule has 0 saturated carbocycles. The lowest BCUT2D eigenvalue weighted by molar-refractivity contribution is -0.128. The summed E-state index contributed by atoms with van der Waals surface area (Å²) in [5.41, 5.74) is 24.9. The Morgan fingerprint density at radius 2 is 1.30 bits per heavy atom. The van der Waals surface area contributed by atoms with Gasteiger partial charge in [-0.2, -0.15) is 0 Å². The smallest absolute Gasteiger partial charge is 0.253 e. The van der Waals surface area contributed by atoms with E-state index in [9.17, 15) is 25.1 Å². The number of aromatic nitrogens is 1. The van der Waals surface area contributed by atoms with Gasteiger partial charge in [-0.1, -0.05) is 92.9 Å². The summed E-state index contributed by atoms with van der Waals surface area (Å²) in [5, 5.41) is 34.7. The van der Waals surface area contributed by atoms with Crippen molar-refractivity contribution < 1.29 is 25.1 Å². The standard InChI is InChI=1S/C48H65N7O5S/c49-24-9-5-1-3-7-12-27-54(28-13-8-4-2-6-10-25-50)48(58)36-20-18-35(19-21-36)42-31-37-22-23-38(32-43(37)55(42)29-14-11-26-51)46(53-60)44-33-40(34-45(57)52-59)47(61-44)39-16-15-17-41(56)30-39/h15-23,30-33,56,59-60H,1-14,24-29,34,49-51H2,(H,52,57)/b53-46+. The number of benzene rings is 3. The number of carbonyl (C=O) groups is 2. The molecule has 10 N–H and O–H groups in total. The maximum Gasteiger partial charge on any atom is 0.253 e. The largest absolute Gasteiger partial charge is 0.508 e. The van der Waals surface area contributed by atoms with E-state index < -0.39 is 5.91 Å². The van der Waals surface area contributed by atoms with Gasteiger partial charge in [0.2, 0.25) is 5.91 Å². The number of unbranched alkanes of at least 4 members (excludes halogenated alkanes) is 11. The van der Waals surface area contributed by atoms with Crippen molar-refractivity contribution in [3.8, 4) is 27.4 Å². The molecule has 12 nitrogen and oxygen atoms in total. The number of phenolic OH excluding ortho intramolecular Hbond substituents is 1. The van der Waals surface area contributed by atoms with Gasteiger partial charge in [0.05, 0.1) is 11.3 Å². The van der Waals surface area contributed by atoms with E-state index in [-0.39, 0.29) is 18.1 Å². The number of amides is 2. The molecule has 0 radical (unpaired) electrons. The predicted octanol–water partition coefficient (Wildman–Crippen LogP) is 8.80. The first-order valence-corrected chi connectivity index (χ1v) is 22.8. The Labute approximate surface area is 364 Å². The molecule has 61 heavy (non-hydrogen) atoms.